The SMILES string of the molecule is Cc1ccc(NC(=O)C[C@@H]2SC(=NC3CC3)NC2=O)c(C)c1. The first-order chi connectivity index (χ1) is 10.5. The zero-order valence-corrected chi connectivity index (χ0v) is 13.5. The van der Waals surface area contributed by atoms with Gasteiger partial charge in [-0.2, -0.15) is 0 Å². The molecule has 0 spiro atoms. The number of carbonyl (C=O) groups is 2. The molecule has 0 bridgehead atoms. The minimum atomic E-state index is -0.386. The number of amides is 2. The van der Waals surface area contributed by atoms with E-state index in [0.717, 1.165) is 29.7 Å². The van der Waals surface area contributed by atoms with Crippen LogP contribution < -0.4 is 10.6 Å². The molecule has 1 aliphatic carbocycles. The van der Waals surface area contributed by atoms with Gasteiger partial charge < -0.3 is 10.6 Å². The van der Waals surface area contributed by atoms with Gasteiger partial charge in [0.2, 0.25) is 11.8 Å². The molecular formula is C16H19N3O2S. The second kappa shape index (κ2) is 6.12. The van der Waals surface area contributed by atoms with E-state index in [-0.39, 0.29) is 23.5 Å². The summed E-state index contributed by atoms with van der Waals surface area (Å²) in [5.41, 5.74) is 2.97. The molecule has 116 valence electrons. The molecule has 1 atom stereocenters. The van der Waals surface area contributed by atoms with Crippen molar-refractivity contribution in [3.63, 3.8) is 0 Å². The lowest BCUT2D eigenvalue weighted by molar-refractivity contribution is -0.122. The number of amidine groups is 1. The van der Waals surface area contributed by atoms with E-state index < -0.39 is 0 Å². The van der Waals surface area contributed by atoms with E-state index in [1.54, 1.807) is 0 Å². The summed E-state index contributed by atoms with van der Waals surface area (Å²) in [6.07, 6.45) is 2.35. The number of benzene rings is 1. The molecule has 1 saturated carbocycles. The van der Waals surface area contributed by atoms with Crippen LogP contribution in [0, 0.1) is 13.8 Å². The van der Waals surface area contributed by atoms with Crippen molar-refractivity contribution in [1.29, 1.82) is 0 Å². The summed E-state index contributed by atoms with van der Waals surface area (Å²) in [5.74, 6) is -0.271. The number of anilines is 1. The fraction of sp³-hybridized carbons (Fsp3) is 0.438. The molecule has 2 N–H and O–H groups in total. The summed E-state index contributed by atoms with van der Waals surface area (Å²) in [7, 11) is 0. The van der Waals surface area contributed by atoms with Crippen LogP contribution in [0.5, 0.6) is 0 Å². The van der Waals surface area contributed by atoms with Gasteiger partial charge in [-0.05, 0) is 38.3 Å². The zero-order valence-electron chi connectivity index (χ0n) is 12.7. The summed E-state index contributed by atoms with van der Waals surface area (Å²) in [6.45, 7) is 3.97. The summed E-state index contributed by atoms with van der Waals surface area (Å²) in [6, 6.07) is 6.24. The quantitative estimate of drug-likeness (QED) is 0.896. The highest BCUT2D eigenvalue weighted by Crippen LogP contribution is 2.29. The Balaban J connectivity index is 1.58. The first-order valence-corrected chi connectivity index (χ1v) is 8.31. The predicted octanol–water partition coefficient (Wildman–Crippen LogP) is 2.38. The molecule has 1 aromatic rings. The van der Waals surface area contributed by atoms with Crippen LogP contribution in [0.15, 0.2) is 23.2 Å². The van der Waals surface area contributed by atoms with Crippen LogP contribution in [-0.2, 0) is 9.59 Å². The first-order valence-electron chi connectivity index (χ1n) is 7.43. The molecule has 0 unspecified atom stereocenters. The van der Waals surface area contributed by atoms with Crippen LogP contribution in [0.3, 0.4) is 0 Å². The average Bonchev–Trinajstić information content (AvgIpc) is 3.18. The Morgan fingerprint density at radius 2 is 2.18 bits per heavy atom. The van der Waals surface area contributed by atoms with E-state index >= 15 is 0 Å². The Morgan fingerprint density at radius 3 is 2.86 bits per heavy atom. The Labute approximate surface area is 134 Å². The van der Waals surface area contributed by atoms with Crippen LogP contribution >= 0.6 is 11.8 Å². The largest absolute Gasteiger partial charge is 0.326 e. The molecule has 1 aliphatic heterocycles. The third-order valence-electron chi connectivity index (χ3n) is 3.65. The van der Waals surface area contributed by atoms with Crippen molar-refractivity contribution in [1.82, 2.24) is 5.32 Å². The standard InChI is InChI=1S/C16H19N3O2S/c1-9-3-6-12(10(2)7-9)18-14(20)8-13-15(21)19-16(22-13)17-11-4-5-11/h3,6-7,11,13H,4-5,8H2,1-2H3,(H,18,20)(H,17,19,21)/t13-/m0/s1. The van der Waals surface area contributed by atoms with Crippen molar-refractivity contribution in [2.75, 3.05) is 5.32 Å². The topological polar surface area (TPSA) is 70.6 Å². The summed E-state index contributed by atoms with van der Waals surface area (Å²) < 4.78 is 0. The van der Waals surface area contributed by atoms with Gasteiger partial charge in [0, 0.05) is 12.1 Å². The van der Waals surface area contributed by atoms with E-state index in [4.69, 9.17) is 0 Å². The fourth-order valence-corrected chi connectivity index (χ4v) is 3.33. The number of rotatable bonds is 4. The molecule has 2 fully saturated rings. The normalized spacial score (nSPS) is 22.7. The van der Waals surface area contributed by atoms with Gasteiger partial charge in [0.05, 0.1) is 6.04 Å². The lowest BCUT2D eigenvalue weighted by Crippen LogP contribution is -2.28. The van der Waals surface area contributed by atoms with Crippen molar-refractivity contribution >= 4 is 34.4 Å². The Morgan fingerprint density at radius 1 is 1.41 bits per heavy atom. The second-order valence-electron chi connectivity index (χ2n) is 5.83. The fourth-order valence-electron chi connectivity index (χ4n) is 2.29. The van der Waals surface area contributed by atoms with Gasteiger partial charge in [0.25, 0.3) is 0 Å². The van der Waals surface area contributed by atoms with Crippen molar-refractivity contribution in [3.8, 4) is 0 Å². The summed E-state index contributed by atoms with van der Waals surface area (Å²) in [5, 5.41) is 5.92. The first kappa shape index (κ1) is 15.1. The average molecular weight is 317 g/mol. The van der Waals surface area contributed by atoms with Gasteiger partial charge in [-0.1, -0.05) is 29.5 Å². The number of nitrogens with one attached hydrogen (secondary N) is 2. The maximum absolute atomic E-state index is 12.1. The van der Waals surface area contributed by atoms with Crippen LogP contribution in [-0.4, -0.2) is 28.3 Å². The highest BCUT2D eigenvalue weighted by molar-refractivity contribution is 8.15. The number of carbonyl (C=O) groups excluding carboxylic acids is 2. The van der Waals surface area contributed by atoms with E-state index in [1.165, 1.54) is 11.8 Å². The number of thioether (sulfide) groups is 1. The molecule has 3 rings (SSSR count). The van der Waals surface area contributed by atoms with Gasteiger partial charge in [0.1, 0.15) is 5.25 Å². The zero-order chi connectivity index (χ0) is 15.7. The number of nitrogens with zero attached hydrogens (tertiary/aromatic N) is 1. The molecule has 1 aromatic carbocycles. The van der Waals surface area contributed by atoms with E-state index in [2.05, 4.69) is 15.6 Å². The third kappa shape index (κ3) is 3.68. The maximum atomic E-state index is 12.1. The Hall–Kier alpha value is -1.82. The van der Waals surface area contributed by atoms with Crippen molar-refractivity contribution in [2.24, 2.45) is 4.99 Å². The number of hydrogen-bond acceptors (Lipinski definition) is 4. The van der Waals surface area contributed by atoms with E-state index in [9.17, 15) is 9.59 Å². The molecule has 1 heterocycles. The lowest BCUT2D eigenvalue weighted by Gasteiger charge is -2.10. The van der Waals surface area contributed by atoms with E-state index in [1.807, 2.05) is 32.0 Å². The van der Waals surface area contributed by atoms with Gasteiger partial charge in [0.15, 0.2) is 5.17 Å². The highest BCUT2D eigenvalue weighted by Gasteiger charge is 2.33. The Kier molecular flexibility index (Phi) is 4.20. The van der Waals surface area contributed by atoms with Crippen molar-refractivity contribution in [3.05, 3.63) is 29.3 Å². The molecular weight excluding hydrogens is 298 g/mol. The molecule has 2 amide bonds. The molecule has 6 heteroatoms. The van der Waals surface area contributed by atoms with Crippen LogP contribution in [0.2, 0.25) is 0 Å². The Bertz CT molecular complexity index is 653. The van der Waals surface area contributed by atoms with Crippen LogP contribution in [0.4, 0.5) is 5.69 Å². The van der Waals surface area contributed by atoms with Crippen molar-refractivity contribution < 1.29 is 9.59 Å². The van der Waals surface area contributed by atoms with Gasteiger partial charge in [-0.15, -0.1) is 0 Å². The summed E-state index contributed by atoms with van der Waals surface area (Å²) in [4.78, 5) is 28.5. The number of hydrogen-bond donors (Lipinski definition) is 2. The highest BCUT2D eigenvalue weighted by atomic mass is 32.2. The van der Waals surface area contributed by atoms with Crippen LogP contribution in [0.1, 0.15) is 30.4 Å². The maximum Gasteiger partial charge on any atom is 0.240 e. The summed E-state index contributed by atoms with van der Waals surface area (Å²) >= 11 is 1.36. The van der Waals surface area contributed by atoms with Crippen molar-refractivity contribution in [2.45, 2.75) is 44.4 Å². The minimum Gasteiger partial charge on any atom is -0.326 e. The van der Waals surface area contributed by atoms with Gasteiger partial charge in [-0.3, -0.25) is 14.6 Å². The number of aryl methyl sites for hydroxylation is 2. The van der Waals surface area contributed by atoms with Gasteiger partial charge in [-0.25, -0.2) is 0 Å². The third-order valence-corrected chi connectivity index (χ3v) is 4.75. The predicted molar refractivity (Wildman–Crippen MR) is 89.1 cm³/mol. The molecule has 0 radical (unpaired) electrons. The molecule has 5 nitrogen and oxygen atoms in total. The monoisotopic (exact) mass is 317 g/mol. The van der Waals surface area contributed by atoms with Crippen LogP contribution in [0.25, 0.3) is 0 Å². The molecule has 2 aliphatic rings. The smallest absolute Gasteiger partial charge is 0.240 e. The molecule has 1 saturated heterocycles. The van der Waals surface area contributed by atoms with E-state index in [0.29, 0.717) is 11.2 Å². The lowest BCUT2D eigenvalue weighted by atomic mass is 10.1. The second-order valence-corrected chi connectivity index (χ2v) is 7.02. The molecule has 0 aromatic heterocycles. The minimum absolute atomic E-state index is 0.125. The van der Waals surface area contributed by atoms with Gasteiger partial charge >= 0.3 is 0 Å². The molecule has 22 heavy (non-hydrogen) atoms. The number of aliphatic imine (C=N–C) groups is 1.